The fourth-order valence-electron chi connectivity index (χ4n) is 4.77. The molecule has 2 heterocycles. The number of anilines is 1. The first-order valence-electron chi connectivity index (χ1n) is 13.1. The lowest BCUT2D eigenvalue weighted by Gasteiger charge is -2.36. The molecule has 0 bridgehead atoms. The monoisotopic (exact) mass is 554 g/mol. The van der Waals surface area contributed by atoms with Crippen molar-refractivity contribution in [2.45, 2.75) is 25.0 Å². The molecule has 8 nitrogen and oxygen atoms in total. The summed E-state index contributed by atoms with van der Waals surface area (Å²) in [6, 6.07) is 30.5. The second-order valence-electron chi connectivity index (χ2n) is 9.31. The Morgan fingerprint density at radius 1 is 1.00 bits per heavy atom. The Hall–Kier alpha value is -4.50. The Bertz CT molecular complexity index is 1380. The number of esters is 1. The van der Waals surface area contributed by atoms with Gasteiger partial charge < -0.3 is 19.8 Å². The minimum atomic E-state index is -0.780. The number of thiazole rings is 1. The van der Waals surface area contributed by atoms with Crippen LogP contribution in [0.15, 0.2) is 102 Å². The van der Waals surface area contributed by atoms with E-state index >= 15 is 0 Å². The fourth-order valence-corrected chi connectivity index (χ4v) is 5.52. The number of aromatic nitrogens is 1. The van der Waals surface area contributed by atoms with Crippen LogP contribution in [0, 0.1) is 0 Å². The number of likely N-dealkylation sites (tertiary alicyclic amines) is 1. The van der Waals surface area contributed by atoms with E-state index in [4.69, 9.17) is 14.6 Å². The third kappa shape index (κ3) is 5.46. The number of likely N-dealkylation sites (N-methyl/N-ethyl adjacent to an activating group) is 1. The van der Waals surface area contributed by atoms with Gasteiger partial charge >= 0.3 is 5.97 Å². The van der Waals surface area contributed by atoms with Crippen LogP contribution in [0.5, 0.6) is 0 Å². The average molecular weight is 555 g/mol. The van der Waals surface area contributed by atoms with Crippen LogP contribution in [0.25, 0.3) is 0 Å². The van der Waals surface area contributed by atoms with E-state index in [2.05, 4.69) is 46.9 Å². The molecule has 4 aromatic rings. The molecule has 1 aromatic heterocycles. The van der Waals surface area contributed by atoms with Gasteiger partial charge in [0.15, 0.2) is 5.13 Å². The lowest BCUT2D eigenvalue weighted by molar-refractivity contribution is -0.138. The molecule has 1 aliphatic rings. The number of rotatable bonds is 10. The number of nitrogens with one attached hydrogen (secondary N) is 1. The number of hydrogen-bond acceptors (Lipinski definition) is 8. The second kappa shape index (κ2) is 12.1. The van der Waals surface area contributed by atoms with Gasteiger partial charge in [0, 0.05) is 25.4 Å². The third-order valence-corrected chi connectivity index (χ3v) is 7.54. The van der Waals surface area contributed by atoms with E-state index in [0.29, 0.717) is 23.8 Å². The van der Waals surface area contributed by atoms with Crippen LogP contribution in [0.1, 0.15) is 35.7 Å². The highest BCUT2D eigenvalue weighted by Gasteiger charge is 2.37. The highest BCUT2D eigenvalue weighted by atomic mass is 32.1. The highest BCUT2D eigenvalue weighted by molar-refractivity contribution is 7.14. The first kappa shape index (κ1) is 27.1. The normalized spacial score (nSPS) is 15.7. The van der Waals surface area contributed by atoms with Crippen molar-refractivity contribution < 1.29 is 19.2 Å². The lowest BCUT2D eigenvalue weighted by Crippen LogP contribution is -2.38. The second-order valence-corrected chi connectivity index (χ2v) is 10.2. The molecule has 204 valence electrons. The van der Waals surface area contributed by atoms with Crippen molar-refractivity contribution in [2.75, 3.05) is 25.5 Å². The van der Waals surface area contributed by atoms with E-state index < -0.39 is 17.6 Å². The van der Waals surface area contributed by atoms with Gasteiger partial charge in [0.1, 0.15) is 11.2 Å². The molecule has 5 rings (SSSR count). The van der Waals surface area contributed by atoms with Crippen LogP contribution >= 0.6 is 11.3 Å². The number of nitrogens with zero attached hydrogens (tertiary/aromatic N) is 3. The van der Waals surface area contributed by atoms with Crippen molar-refractivity contribution in [3.05, 3.63) is 119 Å². The molecule has 1 aliphatic heterocycles. The highest BCUT2D eigenvalue weighted by Crippen LogP contribution is 2.40. The molecule has 40 heavy (non-hydrogen) atoms. The molecule has 1 amide bonds. The Kier molecular flexibility index (Phi) is 8.21. The van der Waals surface area contributed by atoms with Crippen LogP contribution < -0.4 is 5.32 Å². The molecule has 1 saturated heterocycles. The number of carbonyl (C=O) groups is 2. The van der Waals surface area contributed by atoms with Crippen molar-refractivity contribution in [1.82, 2.24) is 9.88 Å². The standard InChI is InChI=1S/C31H30N4O4S/c1-3-38-29(37)27(34-39-26-19-20-35(2)28(26)36)25-21-40-30(32-25)33-31(22-13-7-4-8-14-22,23-15-9-5-10-16-23)24-17-11-6-12-18-24/h4-18,21,26H,3,19-20H2,1-2H3,(H,32,33)/b34-27+. The Morgan fingerprint density at radius 2 is 1.55 bits per heavy atom. The molecule has 1 atom stereocenters. The Balaban J connectivity index is 1.56. The molecule has 1 N–H and O–H groups in total. The summed E-state index contributed by atoms with van der Waals surface area (Å²) in [5, 5.41) is 10.1. The minimum absolute atomic E-state index is 0.0850. The van der Waals surface area contributed by atoms with Crippen molar-refractivity contribution in [3.8, 4) is 0 Å². The topological polar surface area (TPSA) is 93.1 Å². The van der Waals surface area contributed by atoms with Crippen LogP contribution in [0.4, 0.5) is 5.13 Å². The van der Waals surface area contributed by atoms with Crippen LogP contribution in [0.2, 0.25) is 0 Å². The maximum Gasteiger partial charge on any atom is 0.362 e. The number of ether oxygens (including phenoxy) is 1. The smallest absolute Gasteiger partial charge is 0.362 e. The molecule has 1 fully saturated rings. The largest absolute Gasteiger partial charge is 0.461 e. The predicted octanol–water partition coefficient (Wildman–Crippen LogP) is 5.06. The zero-order valence-electron chi connectivity index (χ0n) is 22.3. The number of benzene rings is 3. The lowest BCUT2D eigenvalue weighted by atomic mass is 9.77. The van der Waals surface area contributed by atoms with Crippen LogP contribution in [-0.2, 0) is 24.7 Å². The van der Waals surface area contributed by atoms with E-state index in [0.717, 1.165) is 16.7 Å². The van der Waals surface area contributed by atoms with Crippen molar-refractivity contribution in [1.29, 1.82) is 0 Å². The fraction of sp³-hybridized carbons (Fsp3) is 0.226. The summed E-state index contributed by atoms with van der Waals surface area (Å²) in [4.78, 5) is 37.0. The summed E-state index contributed by atoms with van der Waals surface area (Å²) < 4.78 is 5.24. The van der Waals surface area contributed by atoms with Gasteiger partial charge in [-0.25, -0.2) is 9.78 Å². The van der Waals surface area contributed by atoms with Gasteiger partial charge in [0.2, 0.25) is 11.8 Å². The van der Waals surface area contributed by atoms with Crippen molar-refractivity contribution >= 4 is 34.1 Å². The molecular weight excluding hydrogens is 524 g/mol. The Morgan fingerprint density at radius 3 is 2.02 bits per heavy atom. The Labute approximate surface area is 237 Å². The first-order valence-corrected chi connectivity index (χ1v) is 14.0. The number of hydrogen-bond donors (Lipinski definition) is 1. The van der Waals surface area contributed by atoms with Gasteiger partial charge in [-0.3, -0.25) is 4.79 Å². The maximum absolute atomic E-state index is 12.9. The summed E-state index contributed by atoms with van der Waals surface area (Å²) in [6.07, 6.45) is -0.250. The van der Waals surface area contributed by atoms with Gasteiger partial charge in [-0.05, 0) is 23.6 Å². The first-order chi connectivity index (χ1) is 19.5. The molecule has 3 aromatic carbocycles. The summed E-state index contributed by atoms with van der Waals surface area (Å²) in [6.45, 7) is 2.45. The predicted molar refractivity (Wildman–Crippen MR) is 155 cm³/mol. The quantitative estimate of drug-likeness (QED) is 0.127. The number of oxime groups is 1. The zero-order valence-corrected chi connectivity index (χ0v) is 23.1. The molecule has 1 unspecified atom stereocenters. The SMILES string of the molecule is CCOC(=O)/C(=N/OC1CCN(C)C1=O)c1csc(NC(c2ccccc2)(c2ccccc2)c2ccccc2)n1. The van der Waals surface area contributed by atoms with Crippen molar-refractivity contribution in [3.63, 3.8) is 0 Å². The van der Waals surface area contributed by atoms with Gasteiger partial charge in [-0.1, -0.05) is 96.2 Å². The van der Waals surface area contributed by atoms with E-state index in [-0.39, 0.29) is 18.2 Å². The molecule has 0 aliphatic carbocycles. The van der Waals surface area contributed by atoms with Crippen LogP contribution in [-0.4, -0.2) is 53.8 Å². The molecule has 9 heteroatoms. The summed E-state index contributed by atoms with van der Waals surface area (Å²) in [7, 11) is 1.71. The average Bonchev–Trinajstić information content (AvgIpc) is 3.59. The molecule has 0 saturated carbocycles. The molecule has 0 radical (unpaired) electrons. The van der Waals surface area contributed by atoms with Crippen LogP contribution in [0.3, 0.4) is 0 Å². The van der Waals surface area contributed by atoms with E-state index in [1.807, 2.05) is 54.6 Å². The number of amides is 1. The number of carbonyl (C=O) groups excluding carboxylic acids is 2. The third-order valence-electron chi connectivity index (χ3n) is 6.78. The van der Waals surface area contributed by atoms with Gasteiger partial charge in [-0.2, -0.15) is 0 Å². The minimum Gasteiger partial charge on any atom is -0.461 e. The summed E-state index contributed by atoms with van der Waals surface area (Å²) >= 11 is 1.34. The van der Waals surface area contributed by atoms with E-state index in [9.17, 15) is 9.59 Å². The summed E-state index contributed by atoms with van der Waals surface area (Å²) in [5.74, 6) is -0.843. The van der Waals surface area contributed by atoms with Gasteiger partial charge in [0.05, 0.1) is 6.61 Å². The van der Waals surface area contributed by atoms with Crippen molar-refractivity contribution in [2.24, 2.45) is 5.16 Å². The summed E-state index contributed by atoms with van der Waals surface area (Å²) in [5.41, 5.74) is 2.50. The maximum atomic E-state index is 12.9. The molecule has 0 spiro atoms. The zero-order chi connectivity index (χ0) is 28.0. The van der Waals surface area contributed by atoms with E-state index in [1.165, 1.54) is 11.3 Å². The van der Waals surface area contributed by atoms with Gasteiger partial charge in [-0.15, -0.1) is 11.3 Å². The molecular formula is C31H30N4O4S. The van der Waals surface area contributed by atoms with Gasteiger partial charge in [0.25, 0.3) is 5.91 Å². The van der Waals surface area contributed by atoms with E-state index in [1.54, 1.807) is 24.3 Å².